The molecule has 1 aromatic heterocycles. The quantitative estimate of drug-likeness (QED) is 0.405. The fourth-order valence-electron chi connectivity index (χ4n) is 5.08. The highest BCUT2D eigenvalue weighted by Gasteiger charge is 2.50. The minimum absolute atomic E-state index is 0.105. The number of anilines is 3. The Kier molecular flexibility index (Phi) is 2.82. The van der Waals surface area contributed by atoms with Crippen molar-refractivity contribution in [1.29, 1.82) is 0 Å². The van der Waals surface area contributed by atoms with E-state index in [1.165, 1.54) is 44.6 Å². The molecule has 0 radical (unpaired) electrons. The zero-order valence-electron chi connectivity index (χ0n) is 15.6. The number of rotatable bonds is 1. The molecular weight excluding hydrogens is 355 g/mol. The first-order valence-electron chi connectivity index (χ1n) is 9.90. The highest BCUT2D eigenvalue weighted by Crippen LogP contribution is 2.39. The normalized spacial score (nSPS) is 13.4. The van der Waals surface area contributed by atoms with Crippen molar-refractivity contribution in [3.05, 3.63) is 97.4 Å². The third-order valence-corrected chi connectivity index (χ3v) is 6.20. The lowest BCUT2D eigenvalue weighted by atomic mass is 9.45. The predicted molar refractivity (Wildman–Crippen MR) is 117 cm³/mol. The predicted octanol–water partition coefficient (Wildman–Crippen LogP) is 4.14. The summed E-state index contributed by atoms with van der Waals surface area (Å²) in [6.07, 6.45) is 1.88. The van der Waals surface area contributed by atoms with Crippen LogP contribution in [0.2, 0.25) is 0 Å². The van der Waals surface area contributed by atoms with Crippen LogP contribution in [-0.2, 0) is 0 Å². The van der Waals surface area contributed by atoms with E-state index in [4.69, 9.17) is 4.42 Å². The summed E-state index contributed by atoms with van der Waals surface area (Å²) in [6.45, 7) is 0.105. The van der Waals surface area contributed by atoms with E-state index in [1.54, 1.807) is 0 Å². The topological polar surface area (TPSA) is 20.3 Å². The number of aromatic nitrogens is 1. The number of nitrogens with zero attached hydrogens (tertiary/aromatic N) is 2. The van der Waals surface area contributed by atoms with Gasteiger partial charge in [-0.05, 0) is 42.0 Å². The van der Waals surface area contributed by atoms with Gasteiger partial charge in [-0.15, -0.1) is 0 Å². The van der Waals surface area contributed by atoms with Gasteiger partial charge in [0.25, 0.3) is 0 Å². The van der Waals surface area contributed by atoms with Crippen LogP contribution in [0.25, 0.3) is 22.2 Å². The summed E-state index contributed by atoms with van der Waals surface area (Å²) < 4.78 is 8.27. The number of fused-ring (bicyclic) bond motifs is 4. The van der Waals surface area contributed by atoms with Gasteiger partial charge < -0.3 is 9.32 Å². The molecule has 4 heteroatoms. The Balaban J connectivity index is 1.65. The van der Waals surface area contributed by atoms with Crippen LogP contribution in [0.5, 0.6) is 0 Å². The second-order valence-corrected chi connectivity index (χ2v) is 7.65. The smallest absolute Gasteiger partial charge is 0.405 e. The first kappa shape index (κ1) is 15.2. The van der Waals surface area contributed by atoms with Gasteiger partial charge in [0.1, 0.15) is 0 Å². The third kappa shape index (κ3) is 1.86. The van der Waals surface area contributed by atoms with Gasteiger partial charge in [-0.1, -0.05) is 54.6 Å². The van der Waals surface area contributed by atoms with E-state index in [1.807, 2.05) is 6.39 Å². The molecule has 0 saturated carbocycles. The zero-order valence-corrected chi connectivity index (χ0v) is 15.6. The SMILES string of the molecule is c1ccc(N2c3ccccc3B3c4c(cccc42)-c2cccc4oc[n+]3c24)cc1. The lowest BCUT2D eigenvalue weighted by Crippen LogP contribution is -2.69. The monoisotopic (exact) mass is 371 g/mol. The first-order chi connectivity index (χ1) is 14.4. The van der Waals surface area contributed by atoms with Crippen molar-refractivity contribution < 1.29 is 8.90 Å². The van der Waals surface area contributed by atoms with Gasteiger partial charge in [0, 0.05) is 28.0 Å². The van der Waals surface area contributed by atoms with Crippen molar-refractivity contribution in [1.82, 2.24) is 0 Å². The minimum atomic E-state index is 0.105. The Morgan fingerprint density at radius 2 is 1.45 bits per heavy atom. The van der Waals surface area contributed by atoms with Gasteiger partial charge in [-0.3, -0.25) is 0 Å². The molecule has 2 aliphatic heterocycles. The van der Waals surface area contributed by atoms with E-state index in [0.717, 1.165) is 5.58 Å². The lowest BCUT2D eigenvalue weighted by Gasteiger charge is -2.35. The van der Waals surface area contributed by atoms with E-state index < -0.39 is 0 Å². The van der Waals surface area contributed by atoms with Gasteiger partial charge in [0.2, 0.25) is 11.1 Å². The summed E-state index contributed by atoms with van der Waals surface area (Å²) in [7, 11) is 0. The van der Waals surface area contributed by atoms with E-state index in [0.29, 0.717) is 0 Å². The van der Waals surface area contributed by atoms with Crippen LogP contribution in [0, 0.1) is 0 Å². The van der Waals surface area contributed by atoms with Crippen molar-refractivity contribution in [3.8, 4) is 11.1 Å². The van der Waals surface area contributed by atoms with E-state index >= 15 is 0 Å². The van der Waals surface area contributed by atoms with Crippen LogP contribution in [0.3, 0.4) is 0 Å². The van der Waals surface area contributed by atoms with E-state index in [-0.39, 0.29) is 6.85 Å². The molecule has 0 bridgehead atoms. The summed E-state index contributed by atoms with van der Waals surface area (Å²) in [6, 6.07) is 32.3. The summed E-state index contributed by atoms with van der Waals surface area (Å²) in [4.78, 5) is 2.39. The molecule has 0 amide bonds. The molecule has 0 N–H and O–H groups in total. The highest BCUT2D eigenvalue weighted by molar-refractivity contribution is 6.83. The molecule has 0 aliphatic carbocycles. The van der Waals surface area contributed by atoms with Crippen molar-refractivity contribution in [2.75, 3.05) is 4.90 Å². The maximum absolute atomic E-state index is 5.96. The molecule has 4 aromatic carbocycles. The zero-order chi connectivity index (χ0) is 18.9. The fourth-order valence-corrected chi connectivity index (χ4v) is 5.08. The second kappa shape index (κ2) is 5.39. The fraction of sp³-hybridized carbons (Fsp3) is 0. The van der Waals surface area contributed by atoms with Gasteiger partial charge in [-0.25, -0.2) is 4.48 Å². The molecule has 0 saturated heterocycles. The average molecular weight is 371 g/mol. The molecule has 0 atom stereocenters. The van der Waals surface area contributed by atoms with Gasteiger partial charge in [0.15, 0.2) is 0 Å². The highest BCUT2D eigenvalue weighted by atomic mass is 16.3. The maximum Gasteiger partial charge on any atom is 0.567 e. The Morgan fingerprint density at radius 1 is 0.690 bits per heavy atom. The van der Waals surface area contributed by atoms with Crippen LogP contribution >= 0.6 is 0 Å². The Hall–Kier alpha value is -3.79. The number of benzene rings is 4. The average Bonchev–Trinajstić information content (AvgIpc) is 3.22. The van der Waals surface area contributed by atoms with Crippen molar-refractivity contribution in [2.24, 2.45) is 0 Å². The second-order valence-electron chi connectivity index (χ2n) is 7.65. The van der Waals surface area contributed by atoms with Crippen molar-refractivity contribution in [2.45, 2.75) is 0 Å². The molecular formula is C25H16BN2O+. The van der Waals surface area contributed by atoms with Gasteiger partial charge in [-0.2, -0.15) is 0 Å². The number of hydrogen-bond donors (Lipinski definition) is 0. The number of hydrogen-bond acceptors (Lipinski definition) is 2. The van der Waals surface area contributed by atoms with Crippen molar-refractivity contribution in [3.63, 3.8) is 0 Å². The summed E-state index contributed by atoms with van der Waals surface area (Å²) in [5.41, 5.74) is 10.9. The Labute approximate surface area is 168 Å². The minimum Gasteiger partial charge on any atom is -0.405 e. The van der Waals surface area contributed by atoms with Gasteiger partial charge >= 0.3 is 13.2 Å². The molecule has 5 aromatic rings. The summed E-state index contributed by atoms with van der Waals surface area (Å²) in [5, 5.41) is 0. The Bertz CT molecular complexity index is 1420. The van der Waals surface area contributed by atoms with E-state index in [2.05, 4.69) is 100 Å². The number of para-hydroxylation sites is 3. The molecule has 0 spiro atoms. The van der Waals surface area contributed by atoms with Crippen LogP contribution in [0.1, 0.15) is 0 Å². The Morgan fingerprint density at radius 3 is 2.38 bits per heavy atom. The number of oxazole rings is 1. The molecule has 0 unspecified atom stereocenters. The van der Waals surface area contributed by atoms with E-state index in [9.17, 15) is 0 Å². The summed E-state index contributed by atoms with van der Waals surface area (Å²) >= 11 is 0. The molecule has 29 heavy (non-hydrogen) atoms. The maximum atomic E-state index is 5.96. The van der Waals surface area contributed by atoms with Crippen LogP contribution in [-0.4, -0.2) is 6.85 Å². The molecule has 0 fully saturated rings. The van der Waals surface area contributed by atoms with Crippen LogP contribution in [0.4, 0.5) is 17.1 Å². The standard InChI is InChI=1S/C25H16BN2O/c1-2-8-17(9-3-1)28-21-13-5-4-12-20(21)26-24-18(10-6-14-22(24)28)19-11-7-15-23-25(19)27(26)16-29-23/h1-16H/q+1. The van der Waals surface area contributed by atoms with Crippen molar-refractivity contribution >= 4 is 45.9 Å². The molecule has 3 heterocycles. The lowest BCUT2D eigenvalue weighted by molar-refractivity contribution is -0.509. The molecule has 2 aliphatic rings. The molecule has 3 nitrogen and oxygen atoms in total. The van der Waals surface area contributed by atoms with Crippen LogP contribution < -0.4 is 20.3 Å². The van der Waals surface area contributed by atoms with Gasteiger partial charge in [0.05, 0.1) is 5.56 Å². The third-order valence-electron chi connectivity index (χ3n) is 6.20. The molecule has 134 valence electrons. The first-order valence-corrected chi connectivity index (χ1v) is 9.90. The molecule has 7 rings (SSSR count). The van der Waals surface area contributed by atoms with Crippen LogP contribution in [0.15, 0.2) is 102 Å². The summed E-state index contributed by atoms with van der Waals surface area (Å²) in [5.74, 6) is 0. The largest absolute Gasteiger partial charge is 0.567 e.